The van der Waals surface area contributed by atoms with Crippen molar-refractivity contribution in [2.75, 3.05) is 36.4 Å². The topological polar surface area (TPSA) is 108 Å². The number of carbonyl (C=O) groups is 2. The van der Waals surface area contributed by atoms with E-state index >= 15 is 0 Å². The van der Waals surface area contributed by atoms with E-state index in [1.54, 1.807) is 13.0 Å². The van der Waals surface area contributed by atoms with E-state index < -0.39 is 10.8 Å². The number of thiocarbonyl (C=S) groups is 1. The van der Waals surface area contributed by atoms with Crippen LogP contribution in [0.2, 0.25) is 0 Å². The molecule has 1 fully saturated rings. The lowest BCUT2D eigenvalue weighted by atomic mass is 10.1. The molecule has 10 heteroatoms. The highest BCUT2D eigenvalue weighted by atomic mass is 32.1. The minimum absolute atomic E-state index is 0.0426. The van der Waals surface area contributed by atoms with Crippen molar-refractivity contribution < 1.29 is 14.5 Å². The zero-order valence-electron chi connectivity index (χ0n) is 16.3. The van der Waals surface area contributed by atoms with Gasteiger partial charge in [0, 0.05) is 50.5 Å². The lowest BCUT2D eigenvalue weighted by molar-refractivity contribution is -0.385. The van der Waals surface area contributed by atoms with Crippen LogP contribution in [0.25, 0.3) is 0 Å². The van der Waals surface area contributed by atoms with Crippen molar-refractivity contribution in [2.45, 2.75) is 6.92 Å². The Labute approximate surface area is 178 Å². The number of nitrogens with zero attached hydrogens (tertiary/aromatic N) is 3. The maximum absolute atomic E-state index is 12.3. The highest BCUT2D eigenvalue weighted by Gasteiger charge is 2.20. The highest BCUT2D eigenvalue weighted by molar-refractivity contribution is 7.80. The molecule has 2 aromatic rings. The average Bonchev–Trinajstić information content (AvgIpc) is 2.74. The van der Waals surface area contributed by atoms with Gasteiger partial charge in [-0.05, 0) is 42.5 Å². The molecule has 1 aliphatic rings. The minimum Gasteiger partial charge on any atom is -0.368 e. The third kappa shape index (κ3) is 5.09. The van der Waals surface area contributed by atoms with Crippen LogP contribution in [-0.2, 0) is 4.79 Å². The molecule has 1 aliphatic heterocycles. The average molecular weight is 427 g/mol. The second-order valence-electron chi connectivity index (χ2n) is 6.72. The van der Waals surface area contributed by atoms with Gasteiger partial charge < -0.3 is 15.1 Å². The minimum atomic E-state index is -0.653. The van der Waals surface area contributed by atoms with Gasteiger partial charge in [-0.3, -0.25) is 25.0 Å². The van der Waals surface area contributed by atoms with Crippen LogP contribution >= 0.6 is 12.2 Å². The first-order valence-corrected chi connectivity index (χ1v) is 9.72. The number of carbonyl (C=O) groups excluding carboxylic acids is 2. The molecule has 9 nitrogen and oxygen atoms in total. The fourth-order valence-corrected chi connectivity index (χ4v) is 3.40. The molecule has 2 aromatic carbocycles. The van der Waals surface area contributed by atoms with E-state index in [0.717, 1.165) is 18.8 Å². The Morgan fingerprint density at radius 2 is 1.67 bits per heavy atom. The van der Waals surface area contributed by atoms with E-state index in [9.17, 15) is 19.7 Å². The molecular formula is C20H21N5O4S. The van der Waals surface area contributed by atoms with Crippen LogP contribution in [0.15, 0.2) is 48.5 Å². The zero-order valence-corrected chi connectivity index (χ0v) is 17.1. The molecule has 0 spiro atoms. The molecule has 0 aliphatic carbocycles. The van der Waals surface area contributed by atoms with E-state index in [2.05, 4.69) is 15.5 Å². The smallest absolute Gasteiger partial charge is 0.282 e. The van der Waals surface area contributed by atoms with Crippen LogP contribution in [0, 0.1) is 10.1 Å². The summed E-state index contributed by atoms with van der Waals surface area (Å²) in [4.78, 5) is 38.2. The molecule has 0 radical (unpaired) electrons. The van der Waals surface area contributed by atoms with E-state index in [-0.39, 0.29) is 22.3 Å². The highest BCUT2D eigenvalue weighted by Crippen LogP contribution is 2.20. The maximum atomic E-state index is 12.3. The lowest BCUT2D eigenvalue weighted by Crippen LogP contribution is -2.48. The predicted molar refractivity (Wildman–Crippen MR) is 118 cm³/mol. The van der Waals surface area contributed by atoms with Gasteiger partial charge >= 0.3 is 0 Å². The van der Waals surface area contributed by atoms with Crippen molar-refractivity contribution in [1.82, 2.24) is 10.2 Å². The largest absolute Gasteiger partial charge is 0.368 e. The fraction of sp³-hybridized carbons (Fsp3) is 0.250. The van der Waals surface area contributed by atoms with E-state index in [1.807, 2.05) is 29.2 Å². The number of nitro benzene ring substituents is 1. The molecule has 0 aromatic heterocycles. The van der Waals surface area contributed by atoms with Crippen molar-refractivity contribution >= 4 is 46.2 Å². The monoisotopic (exact) mass is 427 g/mol. The predicted octanol–water partition coefficient (Wildman–Crippen LogP) is 2.39. The van der Waals surface area contributed by atoms with Crippen LogP contribution in [-0.4, -0.2) is 52.9 Å². The second-order valence-corrected chi connectivity index (χ2v) is 7.13. The summed E-state index contributed by atoms with van der Waals surface area (Å²) in [5.74, 6) is -0.564. The van der Waals surface area contributed by atoms with Gasteiger partial charge in [0.1, 0.15) is 5.56 Å². The fourth-order valence-electron chi connectivity index (χ4n) is 3.19. The number of nitrogens with one attached hydrogen (secondary N) is 2. The molecule has 3 rings (SSSR count). The van der Waals surface area contributed by atoms with Crippen molar-refractivity contribution in [3.8, 4) is 0 Å². The number of anilines is 2. The Morgan fingerprint density at radius 3 is 2.27 bits per heavy atom. The third-order valence-electron chi connectivity index (χ3n) is 4.79. The van der Waals surface area contributed by atoms with E-state index in [1.165, 1.54) is 18.2 Å². The quantitative estimate of drug-likeness (QED) is 0.438. The van der Waals surface area contributed by atoms with Gasteiger partial charge in [-0.1, -0.05) is 12.1 Å². The Bertz CT molecular complexity index is 971. The summed E-state index contributed by atoms with van der Waals surface area (Å²) >= 11 is 5.16. The van der Waals surface area contributed by atoms with Crippen molar-refractivity contribution in [2.24, 2.45) is 0 Å². The molecule has 30 heavy (non-hydrogen) atoms. The number of benzene rings is 2. The van der Waals surface area contributed by atoms with Gasteiger partial charge in [0.25, 0.3) is 11.6 Å². The van der Waals surface area contributed by atoms with Gasteiger partial charge in [0.05, 0.1) is 4.92 Å². The van der Waals surface area contributed by atoms with Crippen LogP contribution in [0.3, 0.4) is 0 Å². The molecule has 0 unspecified atom stereocenters. The Kier molecular flexibility index (Phi) is 6.58. The van der Waals surface area contributed by atoms with Gasteiger partial charge in [0.2, 0.25) is 5.91 Å². The number of hydrogen-bond acceptors (Lipinski definition) is 6. The summed E-state index contributed by atoms with van der Waals surface area (Å²) in [6.07, 6.45) is 0. The first kappa shape index (κ1) is 21.2. The summed E-state index contributed by atoms with van der Waals surface area (Å²) in [6.45, 7) is 4.48. The van der Waals surface area contributed by atoms with E-state index in [0.29, 0.717) is 18.8 Å². The van der Waals surface area contributed by atoms with Crippen molar-refractivity contribution in [3.63, 3.8) is 0 Å². The molecule has 0 bridgehead atoms. The van der Waals surface area contributed by atoms with Crippen LogP contribution in [0.4, 0.5) is 17.1 Å². The van der Waals surface area contributed by atoms with Crippen LogP contribution < -0.4 is 15.5 Å². The molecule has 2 N–H and O–H groups in total. The Balaban J connectivity index is 1.57. The zero-order chi connectivity index (χ0) is 21.7. The van der Waals surface area contributed by atoms with Crippen LogP contribution in [0.5, 0.6) is 0 Å². The van der Waals surface area contributed by atoms with Gasteiger partial charge in [-0.15, -0.1) is 0 Å². The third-order valence-corrected chi connectivity index (χ3v) is 4.99. The molecule has 1 saturated heterocycles. The molecular weight excluding hydrogens is 406 g/mol. The standard InChI is InChI=1S/C20H21N5O4S/c1-14(26)23-10-12-24(13-11-23)16-8-6-15(7-9-16)21-20(30)22-19(27)17-4-2-3-5-18(17)25(28)29/h2-9H,10-13H2,1H3,(H2,21,22,27,30). The Morgan fingerprint density at radius 1 is 1.03 bits per heavy atom. The molecule has 0 saturated carbocycles. The van der Waals surface area contributed by atoms with Gasteiger partial charge in [-0.2, -0.15) is 0 Å². The summed E-state index contributed by atoms with van der Waals surface area (Å²) in [7, 11) is 0. The summed E-state index contributed by atoms with van der Waals surface area (Å²) in [5, 5.41) is 16.5. The van der Waals surface area contributed by atoms with Crippen molar-refractivity contribution in [3.05, 3.63) is 64.2 Å². The lowest BCUT2D eigenvalue weighted by Gasteiger charge is -2.35. The summed E-state index contributed by atoms with van der Waals surface area (Å²) in [6, 6.07) is 13.2. The number of amides is 2. The molecule has 1 heterocycles. The number of hydrogen-bond donors (Lipinski definition) is 2. The number of para-hydroxylation sites is 1. The van der Waals surface area contributed by atoms with Gasteiger partial charge in [-0.25, -0.2) is 0 Å². The number of rotatable bonds is 4. The first-order valence-electron chi connectivity index (χ1n) is 9.31. The number of piperazine rings is 1. The molecule has 0 atom stereocenters. The normalized spacial score (nSPS) is 13.5. The first-order chi connectivity index (χ1) is 14.3. The number of nitro groups is 1. The van der Waals surface area contributed by atoms with Crippen molar-refractivity contribution in [1.29, 1.82) is 0 Å². The molecule has 156 valence electrons. The summed E-state index contributed by atoms with van der Waals surface area (Å²) < 4.78 is 0. The maximum Gasteiger partial charge on any atom is 0.282 e. The SMILES string of the molecule is CC(=O)N1CCN(c2ccc(NC(=S)NC(=O)c3ccccc3[N+](=O)[O-])cc2)CC1. The molecule has 2 amide bonds. The van der Waals surface area contributed by atoms with E-state index in [4.69, 9.17) is 12.2 Å². The van der Waals surface area contributed by atoms with Gasteiger partial charge in [0.15, 0.2) is 5.11 Å². The van der Waals surface area contributed by atoms with Crippen LogP contribution in [0.1, 0.15) is 17.3 Å². The second kappa shape index (κ2) is 9.31. The summed E-state index contributed by atoms with van der Waals surface area (Å²) in [5.41, 5.74) is 1.35. The Hall–Kier alpha value is -3.53.